The van der Waals surface area contributed by atoms with E-state index in [1.165, 1.54) is 20.0 Å². The largest absolute Gasteiger partial charge is 0.453 e. The molecule has 0 unspecified atom stereocenters. The minimum absolute atomic E-state index is 0.0375. The van der Waals surface area contributed by atoms with Crippen molar-refractivity contribution in [2.24, 2.45) is 5.92 Å². The van der Waals surface area contributed by atoms with Gasteiger partial charge in [0.25, 0.3) is 0 Å². The van der Waals surface area contributed by atoms with Gasteiger partial charge in [-0.05, 0) is 18.8 Å². The van der Waals surface area contributed by atoms with Crippen molar-refractivity contribution >= 4 is 12.0 Å². The van der Waals surface area contributed by atoms with Crippen molar-refractivity contribution in [2.75, 3.05) is 7.11 Å². The molecule has 1 aliphatic rings. The lowest BCUT2D eigenvalue weighted by atomic mass is 10.0. The molecule has 1 aliphatic carbocycles. The van der Waals surface area contributed by atoms with E-state index in [0.29, 0.717) is 0 Å². The van der Waals surface area contributed by atoms with E-state index in [2.05, 4.69) is 15.4 Å². The van der Waals surface area contributed by atoms with E-state index in [0.717, 1.165) is 12.8 Å². The summed E-state index contributed by atoms with van der Waals surface area (Å²) < 4.78 is 4.52. The number of hydrogen-bond donors (Lipinski definition) is 2. The molecule has 1 fully saturated rings. The van der Waals surface area contributed by atoms with Crippen molar-refractivity contribution in [1.29, 1.82) is 0 Å². The summed E-state index contributed by atoms with van der Waals surface area (Å²) in [4.78, 5) is 23.2. The number of alkyl carbamates (subject to hydrolysis) is 1. The third-order valence-corrected chi connectivity index (χ3v) is 3.11. The maximum atomic E-state index is 12.0. The van der Waals surface area contributed by atoms with Crippen LogP contribution >= 0.6 is 0 Å². The number of ether oxygens (including phenoxy) is 1. The van der Waals surface area contributed by atoms with Crippen LogP contribution in [0.15, 0.2) is 0 Å². The van der Waals surface area contributed by atoms with Gasteiger partial charge in [-0.1, -0.05) is 26.7 Å². The molecular formula is C12H22N2O3. The van der Waals surface area contributed by atoms with E-state index in [1.54, 1.807) is 0 Å². The highest BCUT2D eigenvalue weighted by Crippen LogP contribution is 2.18. The van der Waals surface area contributed by atoms with Gasteiger partial charge in [0, 0.05) is 6.04 Å². The molecule has 5 nitrogen and oxygen atoms in total. The average Bonchev–Trinajstić information content (AvgIpc) is 2.77. The van der Waals surface area contributed by atoms with Crippen LogP contribution in [0.3, 0.4) is 0 Å². The molecule has 0 saturated heterocycles. The number of carbonyl (C=O) groups excluding carboxylic acids is 2. The number of carbonyl (C=O) groups is 2. The third-order valence-electron chi connectivity index (χ3n) is 3.11. The lowest BCUT2D eigenvalue weighted by Gasteiger charge is -2.23. The second-order valence-corrected chi connectivity index (χ2v) is 4.85. The van der Waals surface area contributed by atoms with Gasteiger partial charge in [0.2, 0.25) is 5.91 Å². The van der Waals surface area contributed by atoms with Crippen LogP contribution in [0.5, 0.6) is 0 Å². The molecule has 1 atom stereocenters. The van der Waals surface area contributed by atoms with E-state index in [9.17, 15) is 9.59 Å². The SMILES string of the molecule is COC(=O)N[C@H](C(=O)NC1CCCC1)C(C)C. The number of methoxy groups -OCH3 is 1. The Balaban J connectivity index is 2.50. The monoisotopic (exact) mass is 242 g/mol. The number of nitrogens with one attached hydrogen (secondary N) is 2. The van der Waals surface area contributed by atoms with Crippen LogP contribution in [0.2, 0.25) is 0 Å². The molecule has 98 valence electrons. The lowest BCUT2D eigenvalue weighted by molar-refractivity contribution is -0.124. The Morgan fingerprint density at radius 2 is 1.82 bits per heavy atom. The molecule has 0 spiro atoms. The Morgan fingerprint density at radius 3 is 2.29 bits per heavy atom. The van der Waals surface area contributed by atoms with Crippen LogP contribution < -0.4 is 10.6 Å². The van der Waals surface area contributed by atoms with Gasteiger partial charge in [-0.25, -0.2) is 4.79 Å². The van der Waals surface area contributed by atoms with Gasteiger partial charge in [-0.15, -0.1) is 0 Å². The number of hydrogen-bond acceptors (Lipinski definition) is 3. The number of rotatable bonds is 4. The van der Waals surface area contributed by atoms with Gasteiger partial charge >= 0.3 is 6.09 Å². The zero-order chi connectivity index (χ0) is 12.8. The highest BCUT2D eigenvalue weighted by molar-refractivity contribution is 5.86. The Kier molecular flexibility index (Phi) is 5.25. The van der Waals surface area contributed by atoms with E-state index in [-0.39, 0.29) is 17.9 Å². The van der Waals surface area contributed by atoms with Crippen LogP contribution in [0, 0.1) is 5.92 Å². The smallest absolute Gasteiger partial charge is 0.407 e. The van der Waals surface area contributed by atoms with E-state index in [1.807, 2.05) is 13.8 Å². The lowest BCUT2D eigenvalue weighted by Crippen LogP contribution is -2.51. The van der Waals surface area contributed by atoms with E-state index >= 15 is 0 Å². The first-order valence-electron chi connectivity index (χ1n) is 6.19. The predicted molar refractivity (Wildman–Crippen MR) is 64.6 cm³/mol. The third kappa shape index (κ3) is 4.24. The molecule has 1 rings (SSSR count). The zero-order valence-electron chi connectivity index (χ0n) is 10.8. The normalized spacial score (nSPS) is 17.9. The summed E-state index contributed by atoms with van der Waals surface area (Å²) in [7, 11) is 1.29. The molecule has 2 N–H and O–H groups in total. The molecule has 5 heteroatoms. The highest BCUT2D eigenvalue weighted by atomic mass is 16.5. The van der Waals surface area contributed by atoms with Gasteiger partial charge in [0.05, 0.1) is 7.11 Å². The summed E-state index contributed by atoms with van der Waals surface area (Å²) in [5, 5.41) is 5.55. The van der Waals surface area contributed by atoms with Gasteiger partial charge in [-0.2, -0.15) is 0 Å². The van der Waals surface area contributed by atoms with Crippen LogP contribution in [0.4, 0.5) is 4.79 Å². The van der Waals surface area contributed by atoms with Crippen molar-refractivity contribution in [3.63, 3.8) is 0 Å². The molecular weight excluding hydrogens is 220 g/mol. The van der Waals surface area contributed by atoms with Crippen molar-refractivity contribution in [3.05, 3.63) is 0 Å². The molecule has 0 bridgehead atoms. The summed E-state index contributed by atoms with van der Waals surface area (Å²) in [6.45, 7) is 3.80. The summed E-state index contributed by atoms with van der Waals surface area (Å²) in [6.07, 6.45) is 3.85. The standard InChI is InChI=1S/C12H22N2O3/c1-8(2)10(14-12(16)17-3)11(15)13-9-6-4-5-7-9/h8-10H,4-7H2,1-3H3,(H,13,15)(H,14,16)/t10-/m0/s1. The first-order chi connectivity index (χ1) is 8.04. The molecule has 1 saturated carbocycles. The summed E-state index contributed by atoms with van der Waals surface area (Å²) >= 11 is 0. The van der Waals surface area contributed by atoms with Gasteiger partial charge < -0.3 is 15.4 Å². The maximum Gasteiger partial charge on any atom is 0.407 e. The van der Waals surface area contributed by atoms with Gasteiger partial charge in [-0.3, -0.25) is 4.79 Å². The minimum atomic E-state index is -0.565. The second-order valence-electron chi connectivity index (χ2n) is 4.85. The summed E-state index contributed by atoms with van der Waals surface area (Å²) in [6, 6.07) is -0.258. The Labute approximate surface area is 102 Å². The summed E-state index contributed by atoms with van der Waals surface area (Å²) in [5.41, 5.74) is 0. The predicted octanol–water partition coefficient (Wildman–Crippen LogP) is 1.43. The van der Waals surface area contributed by atoms with Crippen LogP contribution in [0.25, 0.3) is 0 Å². The average molecular weight is 242 g/mol. The van der Waals surface area contributed by atoms with Gasteiger partial charge in [0.15, 0.2) is 0 Å². The Bertz CT molecular complexity index is 273. The van der Waals surface area contributed by atoms with E-state index in [4.69, 9.17) is 0 Å². The summed E-state index contributed by atoms with van der Waals surface area (Å²) in [5.74, 6) is -0.0761. The first kappa shape index (κ1) is 13.8. The van der Waals surface area contributed by atoms with Crippen molar-refractivity contribution in [2.45, 2.75) is 51.6 Å². The van der Waals surface area contributed by atoms with Gasteiger partial charge in [0.1, 0.15) is 6.04 Å². The molecule has 17 heavy (non-hydrogen) atoms. The minimum Gasteiger partial charge on any atom is -0.453 e. The van der Waals surface area contributed by atoms with Crippen molar-refractivity contribution in [3.8, 4) is 0 Å². The van der Waals surface area contributed by atoms with Crippen LogP contribution in [-0.2, 0) is 9.53 Å². The zero-order valence-corrected chi connectivity index (χ0v) is 10.8. The van der Waals surface area contributed by atoms with E-state index < -0.39 is 12.1 Å². The first-order valence-corrected chi connectivity index (χ1v) is 6.19. The van der Waals surface area contributed by atoms with Crippen molar-refractivity contribution in [1.82, 2.24) is 10.6 Å². The second kappa shape index (κ2) is 6.47. The quantitative estimate of drug-likeness (QED) is 0.783. The van der Waals surface area contributed by atoms with Crippen LogP contribution in [0.1, 0.15) is 39.5 Å². The fourth-order valence-corrected chi connectivity index (χ4v) is 2.08. The molecule has 0 aliphatic heterocycles. The topological polar surface area (TPSA) is 67.4 Å². The molecule has 2 amide bonds. The molecule has 0 aromatic carbocycles. The Morgan fingerprint density at radius 1 is 1.24 bits per heavy atom. The Hall–Kier alpha value is -1.26. The van der Waals surface area contributed by atoms with Crippen molar-refractivity contribution < 1.29 is 14.3 Å². The molecule has 0 aromatic rings. The highest BCUT2D eigenvalue weighted by Gasteiger charge is 2.27. The fourth-order valence-electron chi connectivity index (χ4n) is 2.08. The number of amides is 2. The fraction of sp³-hybridized carbons (Fsp3) is 0.833. The molecule has 0 heterocycles. The van der Waals surface area contributed by atoms with Crippen LogP contribution in [-0.4, -0.2) is 31.2 Å². The molecule has 0 radical (unpaired) electrons. The maximum absolute atomic E-state index is 12.0. The molecule has 0 aromatic heterocycles.